The molecule has 2 aliphatic heterocycles. The molecule has 1 N–H and O–H groups in total. The van der Waals surface area contributed by atoms with Gasteiger partial charge in [-0.25, -0.2) is 0 Å². The molecule has 0 spiro atoms. The molecule has 2 heterocycles. The maximum Gasteiger partial charge on any atom is 0.246 e. The maximum absolute atomic E-state index is 12.5. The Labute approximate surface area is 151 Å². The van der Waals surface area contributed by atoms with Crippen LogP contribution in [0.4, 0.5) is 0 Å². The Balaban J connectivity index is 1.33. The van der Waals surface area contributed by atoms with Gasteiger partial charge in [0.1, 0.15) is 0 Å². The van der Waals surface area contributed by atoms with E-state index < -0.39 is 6.04 Å². The second kappa shape index (κ2) is 7.17. The number of carbonyl (C=O) groups excluding carboxylic acids is 2. The van der Waals surface area contributed by atoms with Crippen LogP contribution in [0.1, 0.15) is 17.5 Å². The SMILES string of the molecule is O=C1C[C@@H](NCc2ccc3c(c2)OCO3)C(=O)N1CCc1ccccc1. The number of hydrogen-bond donors (Lipinski definition) is 1. The molecule has 2 amide bonds. The number of likely N-dealkylation sites (tertiary alicyclic amines) is 1. The van der Waals surface area contributed by atoms with Gasteiger partial charge in [0.2, 0.25) is 18.6 Å². The highest BCUT2D eigenvalue weighted by atomic mass is 16.7. The Morgan fingerprint density at radius 3 is 2.65 bits per heavy atom. The van der Waals surface area contributed by atoms with E-state index in [-0.39, 0.29) is 25.0 Å². The molecule has 2 aromatic carbocycles. The topological polar surface area (TPSA) is 67.9 Å². The number of ether oxygens (including phenoxy) is 2. The van der Waals surface area contributed by atoms with E-state index in [1.807, 2.05) is 48.5 Å². The van der Waals surface area contributed by atoms with Crippen LogP contribution in [0.5, 0.6) is 11.5 Å². The van der Waals surface area contributed by atoms with Crippen molar-refractivity contribution >= 4 is 11.8 Å². The number of rotatable bonds is 6. The second-order valence-electron chi connectivity index (χ2n) is 6.44. The van der Waals surface area contributed by atoms with Crippen LogP contribution in [-0.4, -0.2) is 36.1 Å². The van der Waals surface area contributed by atoms with E-state index in [2.05, 4.69) is 5.32 Å². The Morgan fingerprint density at radius 1 is 1.00 bits per heavy atom. The van der Waals surface area contributed by atoms with E-state index in [9.17, 15) is 9.59 Å². The highest BCUT2D eigenvalue weighted by molar-refractivity contribution is 6.05. The van der Waals surface area contributed by atoms with Crippen LogP contribution in [-0.2, 0) is 22.6 Å². The largest absolute Gasteiger partial charge is 0.454 e. The summed E-state index contributed by atoms with van der Waals surface area (Å²) in [5.41, 5.74) is 2.10. The lowest BCUT2D eigenvalue weighted by atomic mass is 10.1. The van der Waals surface area contributed by atoms with Crippen molar-refractivity contribution in [2.24, 2.45) is 0 Å². The molecule has 0 aliphatic carbocycles. The fraction of sp³-hybridized carbons (Fsp3) is 0.300. The molecule has 6 heteroatoms. The normalized spacial score (nSPS) is 18.6. The lowest BCUT2D eigenvalue weighted by Gasteiger charge is -2.15. The van der Waals surface area contributed by atoms with Crippen molar-refractivity contribution in [3.8, 4) is 11.5 Å². The molecule has 2 aliphatic rings. The molecule has 1 fully saturated rings. The quantitative estimate of drug-likeness (QED) is 0.804. The van der Waals surface area contributed by atoms with Crippen LogP contribution in [0.3, 0.4) is 0 Å². The third-order valence-electron chi connectivity index (χ3n) is 4.70. The van der Waals surface area contributed by atoms with E-state index in [4.69, 9.17) is 9.47 Å². The van der Waals surface area contributed by atoms with Gasteiger partial charge in [-0.05, 0) is 29.7 Å². The Hall–Kier alpha value is -2.86. The summed E-state index contributed by atoms with van der Waals surface area (Å²) in [4.78, 5) is 26.1. The number of hydrogen-bond acceptors (Lipinski definition) is 5. The van der Waals surface area contributed by atoms with Gasteiger partial charge in [0.15, 0.2) is 11.5 Å². The number of benzene rings is 2. The molecular formula is C20H20N2O4. The van der Waals surface area contributed by atoms with Crippen molar-refractivity contribution < 1.29 is 19.1 Å². The summed E-state index contributed by atoms with van der Waals surface area (Å²) in [5.74, 6) is 1.18. The molecule has 0 unspecified atom stereocenters. The van der Waals surface area contributed by atoms with Crippen molar-refractivity contribution in [1.82, 2.24) is 10.2 Å². The van der Waals surface area contributed by atoms with Gasteiger partial charge in [-0.2, -0.15) is 0 Å². The number of nitrogens with zero attached hydrogens (tertiary/aromatic N) is 1. The molecule has 6 nitrogen and oxygen atoms in total. The van der Waals surface area contributed by atoms with Crippen molar-refractivity contribution in [3.63, 3.8) is 0 Å². The van der Waals surface area contributed by atoms with Gasteiger partial charge in [0.25, 0.3) is 0 Å². The Bertz CT molecular complexity index is 822. The Morgan fingerprint density at radius 2 is 1.81 bits per heavy atom. The first-order valence-corrected chi connectivity index (χ1v) is 8.71. The van der Waals surface area contributed by atoms with Gasteiger partial charge in [0.05, 0.1) is 12.5 Å². The minimum absolute atomic E-state index is 0.117. The third-order valence-corrected chi connectivity index (χ3v) is 4.70. The summed E-state index contributed by atoms with van der Waals surface area (Å²) in [7, 11) is 0. The van der Waals surface area contributed by atoms with Crippen LogP contribution < -0.4 is 14.8 Å². The van der Waals surface area contributed by atoms with Crippen LogP contribution in [0.25, 0.3) is 0 Å². The average molecular weight is 352 g/mol. The second-order valence-corrected chi connectivity index (χ2v) is 6.44. The lowest BCUT2D eigenvalue weighted by molar-refractivity contribution is -0.138. The fourth-order valence-corrected chi connectivity index (χ4v) is 3.26. The monoisotopic (exact) mass is 352 g/mol. The van der Waals surface area contributed by atoms with E-state index in [0.717, 1.165) is 16.9 Å². The van der Waals surface area contributed by atoms with Gasteiger partial charge >= 0.3 is 0 Å². The molecule has 134 valence electrons. The molecule has 1 atom stereocenters. The third kappa shape index (κ3) is 3.41. The fourth-order valence-electron chi connectivity index (χ4n) is 3.26. The minimum Gasteiger partial charge on any atom is -0.454 e. The van der Waals surface area contributed by atoms with Crippen LogP contribution in [0.15, 0.2) is 48.5 Å². The highest BCUT2D eigenvalue weighted by Gasteiger charge is 2.37. The van der Waals surface area contributed by atoms with Crippen LogP contribution in [0.2, 0.25) is 0 Å². The number of imide groups is 1. The predicted molar refractivity (Wildman–Crippen MR) is 94.7 cm³/mol. The molecule has 0 radical (unpaired) electrons. The predicted octanol–water partition coefficient (Wildman–Crippen LogP) is 1.88. The maximum atomic E-state index is 12.5. The summed E-state index contributed by atoms with van der Waals surface area (Å²) >= 11 is 0. The first-order chi connectivity index (χ1) is 12.7. The smallest absolute Gasteiger partial charge is 0.246 e. The summed E-state index contributed by atoms with van der Waals surface area (Å²) in [6, 6.07) is 15.1. The first kappa shape index (κ1) is 16.6. The number of nitrogens with one attached hydrogen (secondary N) is 1. The van der Waals surface area contributed by atoms with Gasteiger partial charge in [-0.1, -0.05) is 36.4 Å². The average Bonchev–Trinajstić information content (AvgIpc) is 3.23. The van der Waals surface area contributed by atoms with Gasteiger partial charge in [-0.3, -0.25) is 14.5 Å². The van der Waals surface area contributed by atoms with Gasteiger partial charge in [0, 0.05) is 13.1 Å². The van der Waals surface area contributed by atoms with Gasteiger partial charge in [-0.15, -0.1) is 0 Å². The number of fused-ring (bicyclic) bond motifs is 1. The summed E-state index contributed by atoms with van der Waals surface area (Å²) < 4.78 is 10.7. The van der Waals surface area contributed by atoms with Crippen molar-refractivity contribution in [3.05, 3.63) is 59.7 Å². The first-order valence-electron chi connectivity index (χ1n) is 8.71. The molecule has 0 aromatic heterocycles. The van der Waals surface area contributed by atoms with Crippen LogP contribution >= 0.6 is 0 Å². The van der Waals surface area contributed by atoms with E-state index in [1.54, 1.807) is 0 Å². The standard InChI is InChI=1S/C20H20N2O4/c23-19-11-16(20(24)22(19)9-8-14-4-2-1-3-5-14)21-12-15-6-7-17-18(10-15)26-13-25-17/h1-7,10,16,21H,8-9,11-13H2/t16-/m1/s1. The minimum atomic E-state index is -0.469. The summed E-state index contributed by atoms with van der Waals surface area (Å²) in [5, 5.41) is 3.19. The van der Waals surface area contributed by atoms with E-state index >= 15 is 0 Å². The molecule has 0 saturated carbocycles. The molecule has 1 saturated heterocycles. The zero-order valence-electron chi connectivity index (χ0n) is 14.3. The number of carbonyl (C=O) groups is 2. The van der Waals surface area contributed by atoms with E-state index in [1.165, 1.54) is 4.90 Å². The molecule has 2 aromatic rings. The van der Waals surface area contributed by atoms with Crippen molar-refractivity contribution in [1.29, 1.82) is 0 Å². The molecule has 26 heavy (non-hydrogen) atoms. The zero-order valence-corrected chi connectivity index (χ0v) is 14.3. The molecular weight excluding hydrogens is 332 g/mol. The Kier molecular flexibility index (Phi) is 4.58. The highest BCUT2D eigenvalue weighted by Crippen LogP contribution is 2.32. The summed E-state index contributed by atoms with van der Waals surface area (Å²) in [6.45, 7) is 1.15. The van der Waals surface area contributed by atoms with Crippen molar-refractivity contribution in [2.45, 2.75) is 25.4 Å². The van der Waals surface area contributed by atoms with E-state index in [0.29, 0.717) is 25.3 Å². The molecule has 4 rings (SSSR count). The molecule has 0 bridgehead atoms. The summed E-state index contributed by atoms with van der Waals surface area (Å²) in [6.07, 6.45) is 0.880. The van der Waals surface area contributed by atoms with Crippen molar-refractivity contribution in [2.75, 3.05) is 13.3 Å². The zero-order chi connectivity index (χ0) is 17.9. The lowest BCUT2D eigenvalue weighted by Crippen LogP contribution is -2.39. The van der Waals surface area contributed by atoms with Gasteiger partial charge < -0.3 is 14.8 Å². The van der Waals surface area contributed by atoms with Crippen LogP contribution in [0, 0.1) is 0 Å². The number of amides is 2.